The molecule has 3 aromatic carbocycles. The van der Waals surface area contributed by atoms with E-state index in [2.05, 4.69) is 15.3 Å². The van der Waals surface area contributed by atoms with E-state index in [0.717, 1.165) is 22.1 Å². The minimum absolute atomic E-state index is 0.0680. The van der Waals surface area contributed by atoms with Crippen molar-refractivity contribution in [3.05, 3.63) is 71.0 Å². The molecule has 2 N–H and O–H groups in total. The highest BCUT2D eigenvalue weighted by molar-refractivity contribution is 7.71. The van der Waals surface area contributed by atoms with E-state index in [-0.39, 0.29) is 11.9 Å². The molecule has 7 heteroatoms. The molecule has 0 radical (unpaired) electrons. The molecule has 0 aliphatic rings. The molecule has 4 rings (SSSR count). The zero-order valence-electron chi connectivity index (χ0n) is 16.0. The predicted molar refractivity (Wildman–Crippen MR) is 117 cm³/mol. The van der Waals surface area contributed by atoms with Gasteiger partial charge in [-0.1, -0.05) is 42.5 Å². The maximum absolute atomic E-state index is 10.3. The zero-order chi connectivity index (χ0) is 20.4. The smallest absolute Gasteiger partial charge is 0.216 e. The van der Waals surface area contributed by atoms with Gasteiger partial charge in [-0.15, -0.1) is 0 Å². The molecule has 0 spiro atoms. The molecule has 0 amide bonds. The third-order valence-corrected chi connectivity index (χ3v) is 4.63. The van der Waals surface area contributed by atoms with Crippen molar-refractivity contribution in [1.29, 1.82) is 0 Å². The summed E-state index contributed by atoms with van der Waals surface area (Å²) in [5, 5.41) is 23.9. The van der Waals surface area contributed by atoms with Crippen LogP contribution in [0.4, 0.5) is 0 Å². The van der Waals surface area contributed by atoms with E-state index < -0.39 is 0 Å². The SMILES string of the molecule is CC(C)Oc1cccc(-c2n[nH]c(=S)n2N=Cc2c(O)ccc3ccccc23)c1. The van der Waals surface area contributed by atoms with E-state index in [9.17, 15) is 5.11 Å². The Morgan fingerprint density at radius 3 is 2.79 bits per heavy atom. The first-order valence-electron chi connectivity index (χ1n) is 9.22. The molecule has 1 heterocycles. The number of hydrogen-bond donors (Lipinski definition) is 2. The zero-order valence-corrected chi connectivity index (χ0v) is 16.9. The molecule has 6 nitrogen and oxygen atoms in total. The minimum Gasteiger partial charge on any atom is -0.507 e. The second-order valence-corrected chi connectivity index (χ2v) is 7.21. The van der Waals surface area contributed by atoms with Crippen molar-refractivity contribution in [3.63, 3.8) is 0 Å². The molecule has 0 aliphatic carbocycles. The van der Waals surface area contributed by atoms with Gasteiger partial charge in [0.15, 0.2) is 5.82 Å². The van der Waals surface area contributed by atoms with Crippen LogP contribution >= 0.6 is 12.2 Å². The topological polar surface area (TPSA) is 75.4 Å². The number of benzene rings is 3. The Balaban J connectivity index is 1.77. The molecule has 29 heavy (non-hydrogen) atoms. The number of nitrogens with zero attached hydrogens (tertiary/aromatic N) is 3. The Morgan fingerprint density at radius 1 is 1.14 bits per heavy atom. The number of aromatic amines is 1. The van der Waals surface area contributed by atoms with Gasteiger partial charge in [0.05, 0.1) is 12.3 Å². The van der Waals surface area contributed by atoms with Crippen LogP contribution in [-0.2, 0) is 0 Å². The van der Waals surface area contributed by atoms with Gasteiger partial charge < -0.3 is 9.84 Å². The summed E-state index contributed by atoms with van der Waals surface area (Å²) in [6.45, 7) is 3.95. The molecule has 0 fully saturated rings. The number of phenolic OH excluding ortho intramolecular Hbond substituents is 1. The molecule has 146 valence electrons. The van der Waals surface area contributed by atoms with Crippen LogP contribution in [0.25, 0.3) is 22.2 Å². The van der Waals surface area contributed by atoms with Gasteiger partial charge in [0.25, 0.3) is 0 Å². The van der Waals surface area contributed by atoms with Gasteiger partial charge in [0.1, 0.15) is 11.5 Å². The van der Waals surface area contributed by atoms with Crippen molar-refractivity contribution in [2.45, 2.75) is 20.0 Å². The van der Waals surface area contributed by atoms with Crippen LogP contribution < -0.4 is 4.74 Å². The lowest BCUT2D eigenvalue weighted by atomic mass is 10.0. The average Bonchev–Trinajstić information content (AvgIpc) is 3.07. The van der Waals surface area contributed by atoms with Gasteiger partial charge in [-0.2, -0.15) is 14.9 Å². The number of aromatic hydroxyl groups is 1. The summed E-state index contributed by atoms with van der Waals surface area (Å²) in [6.07, 6.45) is 1.67. The lowest BCUT2D eigenvalue weighted by Gasteiger charge is -2.10. The Hall–Kier alpha value is -3.45. The molecular weight excluding hydrogens is 384 g/mol. The summed E-state index contributed by atoms with van der Waals surface area (Å²) in [6, 6.07) is 18.9. The van der Waals surface area contributed by atoms with E-state index >= 15 is 0 Å². The fourth-order valence-electron chi connectivity index (χ4n) is 3.10. The number of rotatable bonds is 5. The quantitative estimate of drug-likeness (QED) is 0.357. The average molecular weight is 404 g/mol. The summed E-state index contributed by atoms with van der Waals surface area (Å²) in [7, 11) is 0. The number of phenols is 1. The third-order valence-electron chi connectivity index (χ3n) is 4.36. The first-order valence-corrected chi connectivity index (χ1v) is 9.63. The molecule has 0 bridgehead atoms. The predicted octanol–water partition coefficient (Wildman–Crippen LogP) is 5.14. The molecule has 4 aromatic rings. The highest BCUT2D eigenvalue weighted by Crippen LogP contribution is 2.26. The van der Waals surface area contributed by atoms with Crippen LogP contribution in [0.1, 0.15) is 19.4 Å². The van der Waals surface area contributed by atoms with E-state index in [4.69, 9.17) is 17.0 Å². The Kier molecular flexibility index (Phi) is 5.14. The van der Waals surface area contributed by atoms with Crippen molar-refractivity contribution < 1.29 is 9.84 Å². The van der Waals surface area contributed by atoms with Crippen molar-refractivity contribution in [2.24, 2.45) is 5.10 Å². The van der Waals surface area contributed by atoms with Gasteiger partial charge in [-0.05, 0) is 55.0 Å². The van der Waals surface area contributed by atoms with Gasteiger partial charge in [-0.25, -0.2) is 5.10 Å². The van der Waals surface area contributed by atoms with Crippen molar-refractivity contribution in [2.75, 3.05) is 0 Å². The summed E-state index contributed by atoms with van der Waals surface area (Å²) >= 11 is 5.36. The monoisotopic (exact) mass is 404 g/mol. The molecule has 0 atom stereocenters. The van der Waals surface area contributed by atoms with Crippen molar-refractivity contribution in [3.8, 4) is 22.9 Å². The number of ether oxygens (including phenoxy) is 1. The van der Waals surface area contributed by atoms with E-state index in [1.165, 1.54) is 4.68 Å². The minimum atomic E-state index is 0.0680. The van der Waals surface area contributed by atoms with Crippen LogP contribution in [0, 0.1) is 4.77 Å². The Bertz CT molecular complexity index is 1260. The van der Waals surface area contributed by atoms with Crippen LogP contribution in [0.15, 0.2) is 65.8 Å². The number of fused-ring (bicyclic) bond motifs is 1. The first-order chi connectivity index (χ1) is 14.0. The molecule has 1 aromatic heterocycles. The van der Waals surface area contributed by atoms with Crippen molar-refractivity contribution >= 4 is 29.2 Å². The number of aromatic nitrogens is 3. The Morgan fingerprint density at radius 2 is 1.97 bits per heavy atom. The van der Waals surface area contributed by atoms with Crippen molar-refractivity contribution in [1.82, 2.24) is 14.9 Å². The normalized spacial score (nSPS) is 11.6. The summed E-state index contributed by atoms with van der Waals surface area (Å²) < 4.78 is 7.66. The highest BCUT2D eigenvalue weighted by Gasteiger charge is 2.11. The van der Waals surface area contributed by atoms with E-state index in [1.54, 1.807) is 12.3 Å². The number of H-pyrrole nitrogens is 1. The summed E-state index contributed by atoms with van der Waals surface area (Å²) in [5.41, 5.74) is 1.43. The lowest BCUT2D eigenvalue weighted by Crippen LogP contribution is -2.05. The molecule has 0 unspecified atom stereocenters. The fraction of sp³-hybridized carbons (Fsp3) is 0.136. The first kappa shape index (κ1) is 18.9. The maximum atomic E-state index is 10.3. The maximum Gasteiger partial charge on any atom is 0.216 e. The molecular formula is C22H20N4O2S. The largest absolute Gasteiger partial charge is 0.507 e. The van der Waals surface area contributed by atoms with Crippen LogP contribution in [0.5, 0.6) is 11.5 Å². The lowest BCUT2D eigenvalue weighted by molar-refractivity contribution is 0.242. The highest BCUT2D eigenvalue weighted by atomic mass is 32.1. The number of nitrogens with one attached hydrogen (secondary N) is 1. The molecule has 0 saturated carbocycles. The molecule has 0 aliphatic heterocycles. The van der Waals surface area contributed by atoms with E-state index in [0.29, 0.717) is 16.2 Å². The van der Waals surface area contributed by atoms with Crippen LogP contribution in [0.2, 0.25) is 0 Å². The standard InChI is InChI=1S/C22H20N4O2S/c1-14(2)28-17-8-5-7-16(12-17)21-24-25-22(29)26(21)23-13-19-18-9-4-3-6-15(18)10-11-20(19)27/h3-14,27H,1-2H3,(H,25,29). The Labute approximate surface area is 173 Å². The van der Waals surface area contributed by atoms with Crippen LogP contribution in [0.3, 0.4) is 0 Å². The second kappa shape index (κ2) is 7.89. The van der Waals surface area contributed by atoms with Crippen LogP contribution in [-0.4, -0.2) is 32.3 Å². The summed E-state index contributed by atoms with van der Waals surface area (Å²) in [4.78, 5) is 0. The van der Waals surface area contributed by atoms with Gasteiger partial charge in [0.2, 0.25) is 4.77 Å². The van der Waals surface area contributed by atoms with Gasteiger partial charge in [-0.3, -0.25) is 0 Å². The number of hydrogen-bond acceptors (Lipinski definition) is 5. The second-order valence-electron chi connectivity index (χ2n) is 6.82. The molecule has 0 saturated heterocycles. The van der Waals surface area contributed by atoms with Gasteiger partial charge in [0, 0.05) is 11.1 Å². The summed E-state index contributed by atoms with van der Waals surface area (Å²) in [5.74, 6) is 1.45. The van der Waals surface area contributed by atoms with E-state index in [1.807, 2.05) is 68.4 Å². The van der Waals surface area contributed by atoms with Gasteiger partial charge >= 0.3 is 0 Å². The fourth-order valence-corrected chi connectivity index (χ4v) is 3.28. The third kappa shape index (κ3) is 3.90.